The topological polar surface area (TPSA) is 41.1 Å². The van der Waals surface area contributed by atoms with Gasteiger partial charge in [0.2, 0.25) is 5.91 Å². The van der Waals surface area contributed by atoms with Crippen LogP contribution in [-0.4, -0.2) is 24.0 Å². The summed E-state index contributed by atoms with van der Waals surface area (Å²) in [6.07, 6.45) is 9.42. The molecule has 0 radical (unpaired) electrons. The van der Waals surface area contributed by atoms with Crippen LogP contribution in [0.5, 0.6) is 0 Å². The molecular formula is C15H28N2O. The lowest BCUT2D eigenvalue weighted by Gasteiger charge is -2.31. The van der Waals surface area contributed by atoms with Crippen LogP contribution in [-0.2, 0) is 4.79 Å². The van der Waals surface area contributed by atoms with Gasteiger partial charge in [-0.05, 0) is 51.5 Å². The van der Waals surface area contributed by atoms with Crippen LogP contribution < -0.4 is 10.6 Å². The van der Waals surface area contributed by atoms with E-state index < -0.39 is 0 Å². The molecule has 0 bridgehead atoms. The highest BCUT2D eigenvalue weighted by atomic mass is 16.2. The summed E-state index contributed by atoms with van der Waals surface area (Å²) in [6, 6.07) is 0.344. The van der Waals surface area contributed by atoms with Gasteiger partial charge >= 0.3 is 0 Å². The van der Waals surface area contributed by atoms with Crippen molar-refractivity contribution in [3.05, 3.63) is 0 Å². The van der Waals surface area contributed by atoms with Crippen LogP contribution in [0.4, 0.5) is 0 Å². The summed E-state index contributed by atoms with van der Waals surface area (Å²) in [5.74, 6) is 0.954. The van der Waals surface area contributed by atoms with Crippen LogP contribution in [0.15, 0.2) is 0 Å². The van der Waals surface area contributed by atoms with Crippen molar-refractivity contribution in [3.8, 4) is 0 Å². The van der Waals surface area contributed by atoms with Crippen molar-refractivity contribution < 1.29 is 4.79 Å². The van der Waals surface area contributed by atoms with E-state index in [9.17, 15) is 4.79 Å². The molecule has 0 aromatic rings. The van der Waals surface area contributed by atoms with E-state index in [2.05, 4.69) is 24.5 Å². The predicted molar refractivity (Wildman–Crippen MR) is 74.4 cm³/mol. The minimum absolute atomic E-state index is 0.251. The van der Waals surface area contributed by atoms with Gasteiger partial charge in [-0.25, -0.2) is 0 Å². The molecule has 1 saturated heterocycles. The van der Waals surface area contributed by atoms with Gasteiger partial charge in [-0.15, -0.1) is 0 Å². The maximum Gasteiger partial charge on any atom is 0.240 e. The molecule has 0 aromatic heterocycles. The lowest BCUT2D eigenvalue weighted by atomic mass is 9.89. The first-order valence-corrected chi connectivity index (χ1v) is 7.74. The zero-order valence-electron chi connectivity index (χ0n) is 11.9. The minimum Gasteiger partial charge on any atom is -0.352 e. The highest BCUT2D eigenvalue weighted by Gasteiger charge is 2.40. The second-order valence-electron chi connectivity index (χ2n) is 6.17. The number of hydrogen-bond acceptors (Lipinski definition) is 2. The van der Waals surface area contributed by atoms with Crippen LogP contribution >= 0.6 is 0 Å². The third-order valence-corrected chi connectivity index (χ3v) is 4.82. The molecule has 2 N–H and O–H groups in total. The number of amides is 1. The molecule has 104 valence electrons. The molecule has 0 aromatic carbocycles. The van der Waals surface area contributed by atoms with E-state index in [4.69, 9.17) is 0 Å². The molecular weight excluding hydrogens is 224 g/mol. The SMILES string of the molecule is CCCC1(C(=O)N[C@@H](C)C2CCCC2)CCCN1. The van der Waals surface area contributed by atoms with E-state index >= 15 is 0 Å². The molecule has 1 amide bonds. The Bertz CT molecular complexity index is 278. The van der Waals surface area contributed by atoms with Crippen LogP contribution in [0.25, 0.3) is 0 Å². The molecule has 2 atom stereocenters. The van der Waals surface area contributed by atoms with Crippen molar-refractivity contribution in [2.24, 2.45) is 5.92 Å². The summed E-state index contributed by atoms with van der Waals surface area (Å²) >= 11 is 0. The number of rotatable bonds is 5. The molecule has 3 nitrogen and oxygen atoms in total. The normalized spacial score (nSPS) is 30.6. The Hall–Kier alpha value is -0.570. The van der Waals surface area contributed by atoms with E-state index in [-0.39, 0.29) is 11.4 Å². The molecule has 1 saturated carbocycles. The van der Waals surface area contributed by atoms with Gasteiger partial charge < -0.3 is 10.6 Å². The molecule has 18 heavy (non-hydrogen) atoms. The summed E-state index contributed by atoms with van der Waals surface area (Å²) in [6.45, 7) is 5.34. The van der Waals surface area contributed by atoms with Crippen LogP contribution in [0.3, 0.4) is 0 Å². The largest absolute Gasteiger partial charge is 0.352 e. The fourth-order valence-corrected chi connectivity index (χ4v) is 3.67. The molecule has 1 heterocycles. The predicted octanol–water partition coefficient (Wildman–Crippen LogP) is 2.60. The van der Waals surface area contributed by atoms with Crippen molar-refractivity contribution >= 4 is 5.91 Å². The number of carbonyl (C=O) groups is 1. The van der Waals surface area contributed by atoms with Crippen molar-refractivity contribution in [2.75, 3.05) is 6.54 Å². The van der Waals surface area contributed by atoms with Crippen molar-refractivity contribution in [2.45, 2.75) is 76.8 Å². The number of hydrogen-bond donors (Lipinski definition) is 2. The Morgan fingerprint density at radius 1 is 1.39 bits per heavy atom. The molecule has 1 aliphatic heterocycles. The monoisotopic (exact) mass is 252 g/mol. The molecule has 2 fully saturated rings. The van der Waals surface area contributed by atoms with Gasteiger partial charge in [-0.1, -0.05) is 26.2 Å². The van der Waals surface area contributed by atoms with E-state index in [1.54, 1.807) is 0 Å². The Kier molecular flexibility index (Phi) is 4.66. The van der Waals surface area contributed by atoms with E-state index in [0.29, 0.717) is 12.0 Å². The first-order valence-electron chi connectivity index (χ1n) is 7.74. The maximum atomic E-state index is 12.6. The van der Waals surface area contributed by atoms with Gasteiger partial charge in [0, 0.05) is 6.04 Å². The molecule has 2 rings (SSSR count). The number of nitrogens with one attached hydrogen (secondary N) is 2. The third-order valence-electron chi connectivity index (χ3n) is 4.82. The van der Waals surface area contributed by atoms with Crippen molar-refractivity contribution in [1.29, 1.82) is 0 Å². The fraction of sp³-hybridized carbons (Fsp3) is 0.933. The zero-order chi connectivity index (χ0) is 13.0. The first kappa shape index (κ1) is 13.9. The van der Waals surface area contributed by atoms with Crippen molar-refractivity contribution in [3.63, 3.8) is 0 Å². The summed E-state index contributed by atoms with van der Waals surface area (Å²) < 4.78 is 0. The Balaban J connectivity index is 1.92. The second kappa shape index (κ2) is 6.05. The van der Waals surface area contributed by atoms with E-state index in [1.165, 1.54) is 25.7 Å². The lowest BCUT2D eigenvalue weighted by Crippen LogP contribution is -2.56. The maximum absolute atomic E-state index is 12.6. The van der Waals surface area contributed by atoms with Crippen LogP contribution in [0.1, 0.15) is 65.2 Å². The van der Waals surface area contributed by atoms with Gasteiger partial charge in [0.15, 0.2) is 0 Å². The summed E-state index contributed by atoms with van der Waals surface area (Å²) in [7, 11) is 0. The number of carbonyl (C=O) groups excluding carboxylic acids is 1. The second-order valence-corrected chi connectivity index (χ2v) is 6.17. The fourth-order valence-electron chi connectivity index (χ4n) is 3.67. The van der Waals surface area contributed by atoms with Gasteiger partial charge in [0.1, 0.15) is 0 Å². The first-order chi connectivity index (χ1) is 8.68. The highest BCUT2D eigenvalue weighted by Crippen LogP contribution is 2.29. The van der Waals surface area contributed by atoms with E-state index in [0.717, 1.165) is 32.2 Å². The summed E-state index contributed by atoms with van der Waals surface area (Å²) in [5, 5.41) is 6.74. The van der Waals surface area contributed by atoms with Gasteiger partial charge in [0.25, 0.3) is 0 Å². The van der Waals surface area contributed by atoms with Crippen molar-refractivity contribution in [1.82, 2.24) is 10.6 Å². The average Bonchev–Trinajstić information content (AvgIpc) is 3.00. The van der Waals surface area contributed by atoms with Gasteiger partial charge in [-0.3, -0.25) is 4.79 Å². The highest BCUT2D eigenvalue weighted by molar-refractivity contribution is 5.86. The molecule has 3 heteroatoms. The Morgan fingerprint density at radius 3 is 2.67 bits per heavy atom. The standard InChI is InChI=1S/C15H28N2O/c1-3-9-15(10-6-11-16-15)14(18)17-12(2)13-7-4-5-8-13/h12-13,16H,3-11H2,1-2H3,(H,17,18)/t12-,15?/m0/s1. The van der Waals surface area contributed by atoms with E-state index in [1.807, 2.05) is 0 Å². The average molecular weight is 252 g/mol. The minimum atomic E-state index is -0.262. The quantitative estimate of drug-likeness (QED) is 0.789. The summed E-state index contributed by atoms with van der Waals surface area (Å²) in [5.41, 5.74) is -0.262. The molecule has 1 aliphatic carbocycles. The molecule has 2 aliphatic rings. The zero-order valence-corrected chi connectivity index (χ0v) is 11.9. The van der Waals surface area contributed by atoms with Gasteiger partial charge in [0.05, 0.1) is 5.54 Å². The van der Waals surface area contributed by atoms with Crippen LogP contribution in [0.2, 0.25) is 0 Å². The third kappa shape index (κ3) is 2.87. The van der Waals surface area contributed by atoms with Gasteiger partial charge in [-0.2, -0.15) is 0 Å². The Labute approximate surface area is 111 Å². The molecule has 0 spiro atoms. The smallest absolute Gasteiger partial charge is 0.240 e. The lowest BCUT2D eigenvalue weighted by molar-refractivity contribution is -0.128. The Morgan fingerprint density at radius 2 is 2.11 bits per heavy atom. The van der Waals surface area contributed by atoms with Crippen LogP contribution in [0, 0.1) is 5.92 Å². The molecule has 1 unspecified atom stereocenters. The summed E-state index contributed by atoms with van der Waals surface area (Å²) in [4.78, 5) is 12.6.